The molecule has 1 unspecified atom stereocenters. The predicted octanol–water partition coefficient (Wildman–Crippen LogP) is 5.88. The molecule has 2 aliphatic rings. The van der Waals surface area contributed by atoms with E-state index in [9.17, 15) is 4.79 Å². The van der Waals surface area contributed by atoms with Gasteiger partial charge >= 0.3 is 5.97 Å². The molecule has 0 radical (unpaired) electrons. The second kappa shape index (κ2) is 7.83. The van der Waals surface area contributed by atoms with Crippen LogP contribution in [0.2, 0.25) is 10.0 Å². The number of halogens is 4. The van der Waals surface area contributed by atoms with Gasteiger partial charge in [-0.3, -0.25) is 0 Å². The summed E-state index contributed by atoms with van der Waals surface area (Å²) in [5.74, 6) is -0.613. The Kier molecular flexibility index (Phi) is 5.39. The number of nitrogens with two attached hydrogens (primary N) is 1. The number of carbonyl (C=O) groups excluding carboxylic acids is 1. The van der Waals surface area contributed by atoms with Crippen molar-refractivity contribution < 1.29 is 19.0 Å². The van der Waals surface area contributed by atoms with E-state index in [0.29, 0.717) is 43.6 Å². The summed E-state index contributed by atoms with van der Waals surface area (Å²) in [7, 11) is 0. The van der Waals surface area contributed by atoms with Crippen LogP contribution in [0.1, 0.15) is 45.6 Å². The molecule has 2 N–H and O–H groups in total. The van der Waals surface area contributed by atoms with Crippen molar-refractivity contribution in [2.45, 2.75) is 32.8 Å². The molecule has 11 heteroatoms. The number of hydrogen-bond donors (Lipinski definition) is 1. The predicted molar refractivity (Wildman–Crippen MR) is 122 cm³/mol. The van der Waals surface area contributed by atoms with Crippen LogP contribution in [-0.2, 0) is 29.3 Å². The van der Waals surface area contributed by atoms with E-state index < -0.39 is 5.97 Å². The molecule has 7 nitrogen and oxygen atoms in total. The maximum absolute atomic E-state index is 13.3. The molecular formula is C20H13Br2Cl2N3O4. The fraction of sp³-hybridized carbons (Fsp3) is 0.250. The van der Waals surface area contributed by atoms with Crippen LogP contribution in [0.5, 0.6) is 5.88 Å². The quantitative estimate of drug-likeness (QED) is 0.294. The van der Waals surface area contributed by atoms with E-state index in [1.54, 1.807) is 0 Å². The zero-order valence-electron chi connectivity index (χ0n) is 15.9. The average Bonchev–Trinajstić information content (AvgIpc) is 3.38. The van der Waals surface area contributed by atoms with Gasteiger partial charge in [-0.05, 0) is 49.9 Å². The second-order valence-electron chi connectivity index (χ2n) is 7.13. The lowest BCUT2D eigenvalue weighted by Crippen LogP contribution is -2.16. The third-order valence-electron chi connectivity index (χ3n) is 5.48. The first kappa shape index (κ1) is 21.4. The number of benzene rings is 2. The molecule has 2 aromatic carbocycles. The summed E-state index contributed by atoms with van der Waals surface area (Å²) in [5.41, 5.74) is 10.0. The van der Waals surface area contributed by atoms with Crippen LogP contribution in [0.4, 0.5) is 5.69 Å². The summed E-state index contributed by atoms with van der Waals surface area (Å²) in [6.07, 6.45) is 1.05. The minimum absolute atomic E-state index is 0.0744. The molecule has 0 saturated heterocycles. The number of rotatable bonds is 2. The second-order valence-corrected chi connectivity index (χ2v) is 9.47. The summed E-state index contributed by atoms with van der Waals surface area (Å²) in [5, 5.41) is 1.16. The molecule has 31 heavy (non-hydrogen) atoms. The molecule has 0 bridgehead atoms. The van der Waals surface area contributed by atoms with Crippen molar-refractivity contribution >= 4 is 77.6 Å². The Balaban J connectivity index is 1.66. The monoisotopic (exact) mass is 587 g/mol. The average molecular weight is 590 g/mol. The van der Waals surface area contributed by atoms with Crippen molar-refractivity contribution in [1.29, 1.82) is 0 Å². The molecular weight excluding hydrogens is 577 g/mol. The minimum Gasteiger partial charge on any atom is -0.403 e. The van der Waals surface area contributed by atoms with Gasteiger partial charge in [-0.15, -0.1) is 0 Å². The lowest BCUT2D eigenvalue weighted by molar-refractivity contribution is 0.0707. The van der Waals surface area contributed by atoms with Gasteiger partial charge in [-0.1, -0.05) is 23.2 Å². The number of fused-ring (bicyclic) bond motifs is 4. The van der Waals surface area contributed by atoms with Gasteiger partial charge in [0.1, 0.15) is 6.33 Å². The minimum atomic E-state index is -0.687. The molecule has 3 aromatic rings. The Morgan fingerprint density at radius 2 is 1.87 bits per heavy atom. The van der Waals surface area contributed by atoms with Crippen molar-refractivity contribution in [3.05, 3.63) is 53.1 Å². The Morgan fingerprint density at radius 3 is 2.65 bits per heavy atom. The standard InChI is InChI=1S/C20H13Br2Cl2N3O4/c1-6-10-9(4-30-6)11(17(25)15(23)14(10)22)20(28)31-19-12-7-2-29-3-8(7)13(21)16(24)18(12)26-5-27-19/h5-6H,2-4,25H2,1H3. The van der Waals surface area contributed by atoms with Crippen LogP contribution in [0, 0.1) is 0 Å². The van der Waals surface area contributed by atoms with Gasteiger partial charge in [0.15, 0.2) is 0 Å². The molecule has 0 aliphatic carbocycles. The van der Waals surface area contributed by atoms with Gasteiger partial charge in [-0.25, -0.2) is 14.8 Å². The van der Waals surface area contributed by atoms with Crippen LogP contribution in [0.15, 0.2) is 15.3 Å². The van der Waals surface area contributed by atoms with Crippen LogP contribution in [0.3, 0.4) is 0 Å². The van der Waals surface area contributed by atoms with Crippen molar-refractivity contribution in [3.63, 3.8) is 0 Å². The normalized spacial score (nSPS) is 17.1. The molecule has 0 saturated carbocycles. The SMILES string of the molecule is CC1OCc2c(C(=O)Oc3ncnc4c(Cl)c(Br)c5c(c34)COC5)c(N)c(Cl)c(Br)c21. The number of aromatic nitrogens is 2. The van der Waals surface area contributed by atoms with Crippen LogP contribution in [0.25, 0.3) is 10.9 Å². The highest BCUT2D eigenvalue weighted by Gasteiger charge is 2.33. The largest absolute Gasteiger partial charge is 0.403 e. The van der Waals surface area contributed by atoms with Gasteiger partial charge < -0.3 is 19.9 Å². The highest BCUT2D eigenvalue weighted by molar-refractivity contribution is 9.11. The number of nitrogen functional groups attached to an aromatic ring is 1. The summed E-state index contributed by atoms with van der Waals surface area (Å²) < 4.78 is 18.3. The van der Waals surface area contributed by atoms with Gasteiger partial charge in [-0.2, -0.15) is 0 Å². The lowest BCUT2D eigenvalue weighted by Gasteiger charge is -2.16. The van der Waals surface area contributed by atoms with Crippen molar-refractivity contribution in [2.24, 2.45) is 0 Å². The fourth-order valence-electron chi connectivity index (χ4n) is 3.98. The van der Waals surface area contributed by atoms with Crippen LogP contribution >= 0.6 is 55.1 Å². The van der Waals surface area contributed by atoms with Crippen molar-refractivity contribution in [3.8, 4) is 5.88 Å². The Hall–Kier alpha value is -1.49. The van der Waals surface area contributed by atoms with E-state index in [2.05, 4.69) is 41.8 Å². The molecule has 0 amide bonds. The third-order valence-corrected chi connectivity index (χ3v) is 8.39. The molecule has 1 atom stereocenters. The van der Waals surface area contributed by atoms with Gasteiger partial charge in [0, 0.05) is 20.1 Å². The van der Waals surface area contributed by atoms with E-state index in [0.717, 1.165) is 16.7 Å². The van der Waals surface area contributed by atoms with Gasteiger partial charge in [0.05, 0.1) is 58.1 Å². The molecule has 0 fully saturated rings. The van der Waals surface area contributed by atoms with Crippen molar-refractivity contribution in [1.82, 2.24) is 9.97 Å². The van der Waals surface area contributed by atoms with Crippen LogP contribution in [-0.4, -0.2) is 15.9 Å². The number of hydrogen-bond acceptors (Lipinski definition) is 7. The first-order valence-corrected chi connectivity index (χ1v) is 11.5. The Morgan fingerprint density at radius 1 is 1.13 bits per heavy atom. The van der Waals surface area contributed by atoms with E-state index in [1.807, 2.05) is 6.92 Å². The lowest BCUT2D eigenvalue weighted by atomic mass is 9.98. The maximum Gasteiger partial charge on any atom is 0.347 e. The third kappa shape index (κ3) is 3.17. The number of anilines is 1. The molecule has 3 heterocycles. The maximum atomic E-state index is 13.3. The highest BCUT2D eigenvalue weighted by Crippen LogP contribution is 2.46. The number of nitrogens with zero attached hydrogens (tertiary/aromatic N) is 2. The number of carbonyl (C=O) groups is 1. The number of esters is 1. The van der Waals surface area contributed by atoms with Gasteiger partial charge in [0.2, 0.25) is 5.88 Å². The first-order chi connectivity index (χ1) is 14.8. The Bertz CT molecular complexity index is 1300. The van der Waals surface area contributed by atoms with Crippen molar-refractivity contribution in [2.75, 3.05) is 5.73 Å². The fourth-order valence-corrected chi connectivity index (χ4v) is 5.75. The zero-order valence-corrected chi connectivity index (χ0v) is 20.6. The molecule has 5 rings (SSSR count). The first-order valence-electron chi connectivity index (χ1n) is 9.15. The Labute approximate surface area is 203 Å². The van der Waals surface area contributed by atoms with Crippen LogP contribution < -0.4 is 10.5 Å². The molecule has 0 spiro atoms. The smallest absolute Gasteiger partial charge is 0.347 e. The number of ether oxygens (including phenoxy) is 3. The van der Waals surface area contributed by atoms with E-state index in [1.165, 1.54) is 6.33 Å². The summed E-state index contributed by atoms with van der Waals surface area (Å²) in [4.78, 5) is 21.8. The summed E-state index contributed by atoms with van der Waals surface area (Å²) in [6.45, 7) is 2.80. The molecule has 1 aromatic heterocycles. The van der Waals surface area contributed by atoms with E-state index >= 15 is 0 Å². The molecule has 2 aliphatic heterocycles. The summed E-state index contributed by atoms with van der Waals surface area (Å²) in [6, 6.07) is 0. The van der Waals surface area contributed by atoms with Gasteiger partial charge in [0.25, 0.3) is 0 Å². The molecule has 160 valence electrons. The zero-order chi connectivity index (χ0) is 22.0. The van der Waals surface area contributed by atoms with E-state index in [-0.39, 0.29) is 34.9 Å². The van der Waals surface area contributed by atoms with E-state index in [4.69, 9.17) is 43.1 Å². The summed E-state index contributed by atoms with van der Waals surface area (Å²) >= 11 is 19.8. The highest BCUT2D eigenvalue weighted by atomic mass is 79.9. The topological polar surface area (TPSA) is 96.6 Å².